The molecule has 2 unspecified atom stereocenters. The first-order chi connectivity index (χ1) is 8.59. The number of hydrogen-bond acceptors (Lipinski definition) is 4. The quantitative estimate of drug-likeness (QED) is 0.807. The first-order valence-corrected chi connectivity index (χ1v) is 6.38. The Morgan fingerprint density at radius 2 is 2.28 bits per heavy atom. The minimum absolute atomic E-state index is 0.182. The molecule has 6 nitrogen and oxygen atoms in total. The van der Waals surface area contributed by atoms with Crippen LogP contribution in [0, 0.1) is 18.8 Å². The number of nitrogens with zero attached hydrogens (tertiary/aromatic N) is 3. The Balaban J connectivity index is 1.82. The maximum atomic E-state index is 11.0. The summed E-state index contributed by atoms with van der Waals surface area (Å²) in [7, 11) is 1.93. The van der Waals surface area contributed by atoms with Crippen LogP contribution < -0.4 is 5.32 Å². The van der Waals surface area contributed by atoms with E-state index in [0.29, 0.717) is 6.54 Å². The van der Waals surface area contributed by atoms with Crippen LogP contribution in [0.15, 0.2) is 0 Å². The third kappa shape index (κ3) is 2.69. The number of hydrogen-bond donors (Lipinski definition) is 2. The number of aryl methyl sites for hydroxylation is 1. The second-order valence-electron chi connectivity index (χ2n) is 4.99. The van der Waals surface area contributed by atoms with Crippen LogP contribution in [0.4, 0.5) is 0 Å². The van der Waals surface area contributed by atoms with Gasteiger partial charge in [0.25, 0.3) is 0 Å². The summed E-state index contributed by atoms with van der Waals surface area (Å²) < 4.78 is 1.94. The Kier molecular flexibility index (Phi) is 3.96. The average Bonchev–Trinajstić information content (AvgIpc) is 2.91. The van der Waals surface area contributed by atoms with Gasteiger partial charge in [-0.25, -0.2) is 0 Å². The predicted molar refractivity (Wildman–Crippen MR) is 65.9 cm³/mol. The fraction of sp³-hybridized carbons (Fsp3) is 0.750. The van der Waals surface area contributed by atoms with Crippen molar-refractivity contribution in [1.29, 1.82) is 0 Å². The lowest BCUT2D eigenvalue weighted by Crippen LogP contribution is -2.29. The van der Waals surface area contributed by atoms with Crippen LogP contribution in [-0.2, 0) is 18.4 Å². The smallest absolute Gasteiger partial charge is 0.306 e. The monoisotopic (exact) mass is 252 g/mol. The molecule has 1 aromatic rings. The normalized spacial score (nSPS) is 23.4. The molecule has 1 heterocycles. The molecule has 100 valence electrons. The molecule has 0 aromatic carbocycles. The molecule has 0 amide bonds. The van der Waals surface area contributed by atoms with Gasteiger partial charge in [0.1, 0.15) is 11.6 Å². The molecule has 1 aliphatic carbocycles. The molecule has 0 bridgehead atoms. The molecule has 0 saturated heterocycles. The summed E-state index contributed by atoms with van der Waals surface area (Å²) in [5.41, 5.74) is 0. The molecule has 1 aliphatic rings. The molecule has 1 aromatic heterocycles. The number of nitrogens with one attached hydrogen (secondary N) is 1. The van der Waals surface area contributed by atoms with Crippen molar-refractivity contribution < 1.29 is 9.90 Å². The van der Waals surface area contributed by atoms with Gasteiger partial charge in [-0.3, -0.25) is 4.79 Å². The van der Waals surface area contributed by atoms with E-state index in [4.69, 9.17) is 5.11 Å². The van der Waals surface area contributed by atoms with E-state index in [1.165, 1.54) is 0 Å². The van der Waals surface area contributed by atoms with Gasteiger partial charge in [0.05, 0.1) is 12.5 Å². The largest absolute Gasteiger partial charge is 0.481 e. The number of carboxylic acid groups (broad SMARTS) is 1. The van der Waals surface area contributed by atoms with E-state index < -0.39 is 5.97 Å². The first-order valence-electron chi connectivity index (χ1n) is 6.38. The number of rotatable bonds is 5. The van der Waals surface area contributed by atoms with Gasteiger partial charge >= 0.3 is 5.97 Å². The lowest BCUT2D eigenvalue weighted by molar-refractivity contribution is -0.142. The van der Waals surface area contributed by atoms with Gasteiger partial charge in [0, 0.05) is 7.05 Å². The standard InChI is InChI=1S/C12H20N4O2/c1-8-14-15-11(16(8)2)7-13-6-9-4-3-5-10(9)12(17)18/h9-10,13H,3-7H2,1-2H3,(H,17,18). The van der Waals surface area contributed by atoms with E-state index >= 15 is 0 Å². The fourth-order valence-electron chi connectivity index (χ4n) is 2.58. The molecule has 0 aliphatic heterocycles. The molecule has 1 fully saturated rings. The highest BCUT2D eigenvalue weighted by Gasteiger charge is 2.32. The number of aromatic nitrogens is 3. The van der Waals surface area contributed by atoms with Crippen molar-refractivity contribution in [3.05, 3.63) is 11.6 Å². The molecule has 18 heavy (non-hydrogen) atoms. The van der Waals surface area contributed by atoms with Gasteiger partial charge in [0.15, 0.2) is 0 Å². The molecule has 2 rings (SSSR count). The lowest BCUT2D eigenvalue weighted by atomic mass is 9.96. The minimum Gasteiger partial charge on any atom is -0.481 e. The summed E-state index contributed by atoms with van der Waals surface area (Å²) in [6.07, 6.45) is 2.83. The van der Waals surface area contributed by atoms with Crippen molar-refractivity contribution in [2.45, 2.75) is 32.7 Å². The third-order valence-corrected chi connectivity index (χ3v) is 3.85. The summed E-state index contributed by atoms with van der Waals surface area (Å²) in [6.45, 7) is 3.29. The highest BCUT2D eigenvalue weighted by atomic mass is 16.4. The number of carbonyl (C=O) groups is 1. The molecular formula is C12H20N4O2. The van der Waals surface area contributed by atoms with E-state index in [1.54, 1.807) is 0 Å². The predicted octanol–water partition coefficient (Wildman–Crippen LogP) is 0.714. The van der Waals surface area contributed by atoms with E-state index in [0.717, 1.165) is 37.5 Å². The maximum absolute atomic E-state index is 11.0. The maximum Gasteiger partial charge on any atom is 0.306 e. The minimum atomic E-state index is -0.659. The summed E-state index contributed by atoms with van der Waals surface area (Å²) in [6, 6.07) is 0. The molecule has 2 atom stereocenters. The summed E-state index contributed by atoms with van der Waals surface area (Å²) >= 11 is 0. The lowest BCUT2D eigenvalue weighted by Gasteiger charge is -2.16. The van der Waals surface area contributed by atoms with Gasteiger partial charge in [-0.15, -0.1) is 10.2 Å². The zero-order chi connectivity index (χ0) is 13.1. The Bertz CT molecular complexity index is 430. The van der Waals surface area contributed by atoms with E-state index in [1.807, 2.05) is 18.5 Å². The van der Waals surface area contributed by atoms with Crippen molar-refractivity contribution in [1.82, 2.24) is 20.1 Å². The van der Waals surface area contributed by atoms with Crippen LogP contribution in [0.2, 0.25) is 0 Å². The van der Waals surface area contributed by atoms with Gasteiger partial charge in [-0.2, -0.15) is 0 Å². The number of aliphatic carboxylic acids is 1. The molecule has 0 spiro atoms. The molecule has 6 heteroatoms. The van der Waals surface area contributed by atoms with Crippen molar-refractivity contribution in [2.24, 2.45) is 18.9 Å². The Morgan fingerprint density at radius 3 is 2.89 bits per heavy atom. The van der Waals surface area contributed by atoms with Crippen molar-refractivity contribution in [2.75, 3.05) is 6.54 Å². The van der Waals surface area contributed by atoms with Crippen LogP contribution in [-0.4, -0.2) is 32.4 Å². The first kappa shape index (κ1) is 13.0. The SMILES string of the molecule is Cc1nnc(CNCC2CCCC2C(=O)O)n1C. The summed E-state index contributed by atoms with van der Waals surface area (Å²) in [5, 5.41) is 20.4. The van der Waals surface area contributed by atoms with Gasteiger partial charge in [0.2, 0.25) is 0 Å². The average molecular weight is 252 g/mol. The summed E-state index contributed by atoms with van der Waals surface area (Å²) in [4.78, 5) is 11.0. The van der Waals surface area contributed by atoms with Gasteiger partial charge in [-0.1, -0.05) is 6.42 Å². The molecule has 2 N–H and O–H groups in total. The fourth-order valence-corrected chi connectivity index (χ4v) is 2.58. The van der Waals surface area contributed by atoms with Crippen LogP contribution in [0.1, 0.15) is 30.9 Å². The van der Waals surface area contributed by atoms with E-state index in [-0.39, 0.29) is 11.8 Å². The molecule has 1 saturated carbocycles. The van der Waals surface area contributed by atoms with Crippen LogP contribution >= 0.6 is 0 Å². The topological polar surface area (TPSA) is 80.0 Å². The van der Waals surface area contributed by atoms with Crippen LogP contribution in [0.25, 0.3) is 0 Å². The molecule has 0 radical (unpaired) electrons. The van der Waals surface area contributed by atoms with E-state index in [9.17, 15) is 4.79 Å². The Morgan fingerprint density at radius 1 is 1.50 bits per heavy atom. The van der Waals surface area contributed by atoms with Crippen molar-refractivity contribution in [3.8, 4) is 0 Å². The van der Waals surface area contributed by atoms with Crippen molar-refractivity contribution in [3.63, 3.8) is 0 Å². The van der Waals surface area contributed by atoms with E-state index in [2.05, 4.69) is 15.5 Å². The van der Waals surface area contributed by atoms with Crippen LogP contribution in [0.5, 0.6) is 0 Å². The summed E-state index contributed by atoms with van der Waals surface area (Å²) in [5.74, 6) is 1.18. The Labute approximate surface area is 106 Å². The van der Waals surface area contributed by atoms with Crippen molar-refractivity contribution >= 4 is 5.97 Å². The number of carboxylic acids is 1. The highest BCUT2D eigenvalue weighted by molar-refractivity contribution is 5.70. The van der Waals surface area contributed by atoms with Gasteiger partial charge < -0.3 is 15.0 Å². The zero-order valence-electron chi connectivity index (χ0n) is 10.9. The second kappa shape index (κ2) is 5.48. The van der Waals surface area contributed by atoms with Gasteiger partial charge in [-0.05, 0) is 32.2 Å². The third-order valence-electron chi connectivity index (χ3n) is 3.85. The van der Waals surface area contributed by atoms with Crippen LogP contribution in [0.3, 0.4) is 0 Å². The Hall–Kier alpha value is -1.43. The zero-order valence-corrected chi connectivity index (χ0v) is 10.9. The molecular weight excluding hydrogens is 232 g/mol. The highest BCUT2D eigenvalue weighted by Crippen LogP contribution is 2.31. The second-order valence-corrected chi connectivity index (χ2v) is 4.99.